The third kappa shape index (κ3) is 3.59. The Morgan fingerprint density at radius 1 is 1.15 bits per heavy atom. The van der Waals surface area contributed by atoms with Crippen molar-refractivity contribution < 1.29 is 17.9 Å². The summed E-state index contributed by atoms with van der Waals surface area (Å²) in [5.74, 6) is 0.496. The van der Waals surface area contributed by atoms with Gasteiger partial charge in [-0.05, 0) is 43.7 Å². The fourth-order valence-corrected chi connectivity index (χ4v) is 4.43. The SMILES string of the molecule is CNC(=O)c1ccc(S(=O)(=O)N[C@H]2CCOc3c(C)cc(C)cc32)cc1. The number of benzene rings is 2. The number of aryl methyl sites for hydroxylation is 2. The molecule has 3 rings (SSSR count). The lowest BCUT2D eigenvalue weighted by molar-refractivity contribution is 0.0963. The van der Waals surface area contributed by atoms with Crippen LogP contribution < -0.4 is 14.8 Å². The molecule has 2 aromatic carbocycles. The van der Waals surface area contributed by atoms with Gasteiger partial charge in [-0.25, -0.2) is 13.1 Å². The fourth-order valence-electron chi connectivity index (χ4n) is 3.19. The smallest absolute Gasteiger partial charge is 0.251 e. The maximum atomic E-state index is 12.8. The molecule has 0 spiro atoms. The van der Waals surface area contributed by atoms with Gasteiger partial charge in [-0.15, -0.1) is 0 Å². The third-order valence-corrected chi connectivity index (χ3v) is 5.91. The van der Waals surface area contributed by atoms with Crippen molar-refractivity contribution in [3.63, 3.8) is 0 Å². The van der Waals surface area contributed by atoms with E-state index in [1.807, 2.05) is 26.0 Å². The van der Waals surface area contributed by atoms with E-state index in [0.29, 0.717) is 18.6 Å². The van der Waals surface area contributed by atoms with Crippen LogP contribution in [0.1, 0.15) is 39.5 Å². The second-order valence-corrected chi connectivity index (χ2v) is 8.13. The average Bonchev–Trinajstić information content (AvgIpc) is 2.61. The van der Waals surface area contributed by atoms with Gasteiger partial charge in [-0.3, -0.25) is 4.79 Å². The van der Waals surface area contributed by atoms with E-state index >= 15 is 0 Å². The Morgan fingerprint density at radius 3 is 2.50 bits per heavy atom. The largest absolute Gasteiger partial charge is 0.493 e. The molecule has 26 heavy (non-hydrogen) atoms. The monoisotopic (exact) mass is 374 g/mol. The molecule has 2 aromatic rings. The Balaban J connectivity index is 1.88. The van der Waals surface area contributed by atoms with E-state index in [1.54, 1.807) is 0 Å². The van der Waals surface area contributed by atoms with Crippen molar-refractivity contribution in [3.05, 3.63) is 58.7 Å². The molecule has 0 saturated carbocycles. The lowest BCUT2D eigenvalue weighted by Crippen LogP contribution is -2.32. The summed E-state index contributed by atoms with van der Waals surface area (Å²) in [5.41, 5.74) is 3.33. The highest BCUT2D eigenvalue weighted by atomic mass is 32.2. The van der Waals surface area contributed by atoms with Gasteiger partial charge < -0.3 is 10.1 Å². The average molecular weight is 374 g/mol. The standard InChI is InChI=1S/C19H22N2O4S/c1-12-10-13(2)18-16(11-12)17(8-9-25-18)21-26(23,24)15-6-4-14(5-7-15)19(22)20-3/h4-7,10-11,17,21H,8-9H2,1-3H3,(H,20,22)/t17-/m0/s1. The van der Waals surface area contributed by atoms with Crippen molar-refractivity contribution in [2.24, 2.45) is 0 Å². The highest BCUT2D eigenvalue weighted by molar-refractivity contribution is 7.89. The molecular weight excluding hydrogens is 352 g/mol. The normalized spacial score (nSPS) is 16.5. The second kappa shape index (κ2) is 7.09. The number of carbonyl (C=O) groups excluding carboxylic acids is 1. The van der Waals surface area contributed by atoms with Crippen molar-refractivity contribution in [2.75, 3.05) is 13.7 Å². The van der Waals surface area contributed by atoms with Crippen LogP contribution in [-0.2, 0) is 10.0 Å². The molecular formula is C19H22N2O4S. The van der Waals surface area contributed by atoms with Crippen LogP contribution in [0.25, 0.3) is 0 Å². The molecule has 7 heteroatoms. The van der Waals surface area contributed by atoms with Crippen LogP contribution in [0.3, 0.4) is 0 Å². The summed E-state index contributed by atoms with van der Waals surface area (Å²) in [6.07, 6.45) is 0.561. The molecule has 0 fully saturated rings. The quantitative estimate of drug-likeness (QED) is 0.861. The number of hydrogen-bond acceptors (Lipinski definition) is 4. The summed E-state index contributed by atoms with van der Waals surface area (Å²) in [6, 6.07) is 9.51. The Bertz CT molecular complexity index is 937. The molecule has 0 bridgehead atoms. The van der Waals surface area contributed by atoms with Gasteiger partial charge in [0.2, 0.25) is 10.0 Å². The summed E-state index contributed by atoms with van der Waals surface area (Å²) in [7, 11) is -2.19. The maximum Gasteiger partial charge on any atom is 0.251 e. The van der Waals surface area contributed by atoms with E-state index in [-0.39, 0.29) is 16.8 Å². The number of sulfonamides is 1. The lowest BCUT2D eigenvalue weighted by Gasteiger charge is -2.28. The van der Waals surface area contributed by atoms with E-state index in [9.17, 15) is 13.2 Å². The first kappa shape index (κ1) is 18.4. The summed E-state index contributed by atoms with van der Waals surface area (Å²) in [5, 5.41) is 2.51. The van der Waals surface area contributed by atoms with E-state index in [0.717, 1.165) is 22.4 Å². The molecule has 0 aliphatic carbocycles. The zero-order valence-corrected chi connectivity index (χ0v) is 15.8. The van der Waals surface area contributed by atoms with E-state index < -0.39 is 10.0 Å². The number of nitrogens with one attached hydrogen (secondary N) is 2. The zero-order valence-electron chi connectivity index (χ0n) is 15.0. The summed E-state index contributed by atoms with van der Waals surface area (Å²) in [4.78, 5) is 11.7. The molecule has 2 N–H and O–H groups in total. The highest BCUT2D eigenvalue weighted by Gasteiger charge is 2.28. The first-order valence-corrected chi connectivity index (χ1v) is 9.88. The number of hydrogen-bond donors (Lipinski definition) is 2. The van der Waals surface area contributed by atoms with Gasteiger partial charge in [0.1, 0.15) is 5.75 Å². The van der Waals surface area contributed by atoms with Crippen LogP contribution in [0.15, 0.2) is 41.3 Å². The molecule has 0 radical (unpaired) electrons. The Hall–Kier alpha value is -2.38. The number of rotatable bonds is 4. The van der Waals surface area contributed by atoms with Gasteiger partial charge in [-0.1, -0.05) is 17.7 Å². The van der Waals surface area contributed by atoms with Crippen LogP contribution >= 0.6 is 0 Å². The maximum absolute atomic E-state index is 12.8. The van der Waals surface area contributed by atoms with Gasteiger partial charge in [-0.2, -0.15) is 0 Å². The molecule has 1 aliphatic heterocycles. The van der Waals surface area contributed by atoms with Crippen LogP contribution in [0.5, 0.6) is 5.75 Å². The van der Waals surface area contributed by atoms with Crippen molar-refractivity contribution in [2.45, 2.75) is 31.2 Å². The minimum absolute atomic E-state index is 0.127. The molecule has 1 aliphatic rings. The number of amides is 1. The van der Waals surface area contributed by atoms with E-state index in [4.69, 9.17) is 4.74 Å². The summed E-state index contributed by atoms with van der Waals surface area (Å²) < 4.78 is 34.1. The number of ether oxygens (including phenoxy) is 1. The zero-order chi connectivity index (χ0) is 18.9. The Kier molecular flexibility index (Phi) is 5.02. The Morgan fingerprint density at radius 2 is 1.85 bits per heavy atom. The molecule has 0 aromatic heterocycles. The molecule has 1 amide bonds. The van der Waals surface area contributed by atoms with Crippen LogP contribution in [0.2, 0.25) is 0 Å². The number of carbonyl (C=O) groups is 1. The predicted molar refractivity (Wildman–Crippen MR) is 98.9 cm³/mol. The number of fused-ring (bicyclic) bond motifs is 1. The summed E-state index contributed by atoms with van der Waals surface area (Å²) >= 11 is 0. The molecule has 6 nitrogen and oxygen atoms in total. The minimum atomic E-state index is -3.71. The van der Waals surface area contributed by atoms with Crippen molar-refractivity contribution in [3.8, 4) is 5.75 Å². The van der Waals surface area contributed by atoms with Crippen LogP contribution in [0.4, 0.5) is 0 Å². The van der Waals surface area contributed by atoms with E-state index in [1.165, 1.54) is 31.3 Å². The molecule has 0 unspecified atom stereocenters. The van der Waals surface area contributed by atoms with Gasteiger partial charge in [0.25, 0.3) is 5.91 Å². The predicted octanol–water partition coefficient (Wildman–Crippen LogP) is 2.47. The lowest BCUT2D eigenvalue weighted by atomic mass is 9.96. The molecule has 138 valence electrons. The fraction of sp³-hybridized carbons (Fsp3) is 0.316. The second-order valence-electron chi connectivity index (χ2n) is 6.41. The topological polar surface area (TPSA) is 84.5 Å². The van der Waals surface area contributed by atoms with Crippen molar-refractivity contribution >= 4 is 15.9 Å². The van der Waals surface area contributed by atoms with Crippen LogP contribution in [0, 0.1) is 13.8 Å². The third-order valence-electron chi connectivity index (χ3n) is 4.43. The highest BCUT2D eigenvalue weighted by Crippen LogP contribution is 2.36. The molecule has 1 heterocycles. The first-order chi connectivity index (χ1) is 12.3. The summed E-state index contributed by atoms with van der Waals surface area (Å²) in [6.45, 7) is 4.39. The molecule has 1 atom stereocenters. The van der Waals surface area contributed by atoms with Crippen LogP contribution in [-0.4, -0.2) is 28.0 Å². The van der Waals surface area contributed by atoms with Gasteiger partial charge in [0.05, 0.1) is 17.5 Å². The van der Waals surface area contributed by atoms with E-state index in [2.05, 4.69) is 10.0 Å². The Labute approximate surface area is 153 Å². The van der Waals surface area contributed by atoms with Gasteiger partial charge >= 0.3 is 0 Å². The van der Waals surface area contributed by atoms with Gasteiger partial charge in [0.15, 0.2) is 0 Å². The van der Waals surface area contributed by atoms with Crippen molar-refractivity contribution in [1.82, 2.24) is 10.0 Å². The minimum Gasteiger partial charge on any atom is -0.493 e. The van der Waals surface area contributed by atoms with Crippen molar-refractivity contribution in [1.29, 1.82) is 0 Å². The van der Waals surface area contributed by atoms with Gasteiger partial charge in [0, 0.05) is 24.6 Å². The molecule has 0 saturated heterocycles. The first-order valence-electron chi connectivity index (χ1n) is 8.40.